The van der Waals surface area contributed by atoms with Gasteiger partial charge in [0.2, 0.25) is 15.9 Å². The van der Waals surface area contributed by atoms with E-state index in [9.17, 15) is 13.2 Å². The van der Waals surface area contributed by atoms with Crippen molar-refractivity contribution in [3.8, 4) is 0 Å². The van der Waals surface area contributed by atoms with E-state index >= 15 is 0 Å². The van der Waals surface area contributed by atoms with Crippen molar-refractivity contribution in [1.29, 1.82) is 0 Å². The molecule has 1 amide bonds. The van der Waals surface area contributed by atoms with Crippen LogP contribution in [0.5, 0.6) is 0 Å². The van der Waals surface area contributed by atoms with Crippen molar-refractivity contribution in [3.63, 3.8) is 0 Å². The van der Waals surface area contributed by atoms with Crippen LogP contribution in [0.3, 0.4) is 0 Å². The number of hydrogen-bond donors (Lipinski definition) is 1. The fraction of sp³-hybridized carbons (Fsp3) is 0.211. The summed E-state index contributed by atoms with van der Waals surface area (Å²) >= 11 is 0. The van der Waals surface area contributed by atoms with E-state index in [1.165, 1.54) is 16.4 Å². The summed E-state index contributed by atoms with van der Waals surface area (Å²) in [5.41, 5.74) is 1.48. The molecule has 0 fully saturated rings. The summed E-state index contributed by atoms with van der Waals surface area (Å²) in [4.78, 5) is 11.9. The zero-order valence-corrected chi connectivity index (χ0v) is 15.0. The lowest BCUT2D eigenvalue weighted by Gasteiger charge is -2.17. The van der Waals surface area contributed by atoms with Gasteiger partial charge in [0.05, 0.1) is 4.90 Å². The Morgan fingerprint density at radius 2 is 1.76 bits per heavy atom. The van der Waals surface area contributed by atoms with Gasteiger partial charge < -0.3 is 5.32 Å². The third-order valence-electron chi connectivity index (χ3n) is 3.67. The highest BCUT2D eigenvalue weighted by Crippen LogP contribution is 2.19. The molecule has 1 N–H and O–H groups in total. The number of nitrogens with zero attached hydrogens (tertiary/aromatic N) is 1. The predicted molar refractivity (Wildman–Crippen MR) is 99.6 cm³/mol. The lowest BCUT2D eigenvalue weighted by molar-refractivity contribution is -0.116. The van der Waals surface area contributed by atoms with Gasteiger partial charge in [-0.3, -0.25) is 4.79 Å². The molecule has 0 aromatic heterocycles. The summed E-state index contributed by atoms with van der Waals surface area (Å²) in [5.74, 6) is -0.128. The quantitative estimate of drug-likeness (QED) is 0.736. The first-order chi connectivity index (χ1) is 11.9. The van der Waals surface area contributed by atoms with Crippen LogP contribution in [0.4, 0.5) is 5.69 Å². The highest BCUT2D eigenvalue weighted by Gasteiger charge is 2.20. The van der Waals surface area contributed by atoms with Crippen LogP contribution in [0.1, 0.15) is 18.4 Å². The van der Waals surface area contributed by atoms with Crippen molar-refractivity contribution < 1.29 is 13.2 Å². The van der Waals surface area contributed by atoms with E-state index in [1.54, 1.807) is 25.3 Å². The molecular weight excluding hydrogens is 336 g/mol. The van der Waals surface area contributed by atoms with Gasteiger partial charge in [0.15, 0.2) is 0 Å². The van der Waals surface area contributed by atoms with E-state index in [-0.39, 0.29) is 10.8 Å². The third-order valence-corrected chi connectivity index (χ3v) is 5.49. The van der Waals surface area contributed by atoms with Gasteiger partial charge in [0, 0.05) is 25.7 Å². The Balaban J connectivity index is 2.06. The zero-order valence-electron chi connectivity index (χ0n) is 14.2. The van der Waals surface area contributed by atoms with E-state index in [0.29, 0.717) is 25.1 Å². The molecule has 0 bridgehead atoms. The van der Waals surface area contributed by atoms with Gasteiger partial charge in [-0.15, -0.1) is 6.58 Å². The minimum Gasteiger partial charge on any atom is -0.326 e. The Kier molecular flexibility index (Phi) is 6.50. The van der Waals surface area contributed by atoms with Crippen LogP contribution in [-0.2, 0) is 21.4 Å². The number of carbonyl (C=O) groups excluding carboxylic acids is 1. The van der Waals surface area contributed by atoms with Crippen molar-refractivity contribution in [2.75, 3.05) is 12.4 Å². The molecule has 2 aromatic carbocycles. The number of allylic oxidation sites excluding steroid dienone is 1. The molecule has 6 heteroatoms. The first kappa shape index (κ1) is 18.9. The largest absolute Gasteiger partial charge is 0.326 e. The van der Waals surface area contributed by atoms with E-state index < -0.39 is 10.0 Å². The van der Waals surface area contributed by atoms with Gasteiger partial charge >= 0.3 is 0 Å². The summed E-state index contributed by atoms with van der Waals surface area (Å²) in [6, 6.07) is 15.6. The minimum absolute atomic E-state index is 0.128. The van der Waals surface area contributed by atoms with Crippen LogP contribution >= 0.6 is 0 Å². The van der Waals surface area contributed by atoms with Crippen molar-refractivity contribution in [2.24, 2.45) is 0 Å². The van der Waals surface area contributed by atoms with Crippen LogP contribution in [-0.4, -0.2) is 25.7 Å². The summed E-state index contributed by atoms with van der Waals surface area (Å²) in [5, 5.41) is 2.73. The Morgan fingerprint density at radius 3 is 2.36 bits per heavy atom. The molecule has 132 valence electrons. The number of carbonyl (C=O) groups is 1. The molecular formula is C19H22N2O3S. The van der Waals surface area contributed by atoms with E-state index in [0.717, 1.165) is 5.56 Å². The third kappa shape index (κ3) is 5.27. The van der Waals surface area contributed by atoms with Crippen LogP contribution in [0.15, 0.2) is 72.1 Å². The Morgan fingerprint density at radius 1 is 1.12 bits per heavy atom. The number of rotatable bonds is 8. The molecule has 0 unspecified atom stereocenters. The number of sulfonamides is 1. The SMILES string of the molecule is C=CCCC(=O)Nc1ccc(S(=O)(=O)N(C)Cc2ccccc2)cc1. The molecule has 0 saturated carbocycles. The first-order valence-electron chi connectivity index (χ1n) is 7.94. The van der Waals surface area contributed by atoms with Crippen molar-refractivity contribution in [2.45, 2.75) is 24.3 Å². The molecule has 0 saturated heterocycles. The van der Waals surface area contributed by atoms with Gasteiger partial charge in [0.25, 0.3) is 0 Å². The van der Waals surface area contributed by atoms with E-state index in [2.05, 4.69) is 11.9 Å². The summed E-state index contributed by atoms with van der Waals surface area (Å²) in [7, 11) is -2.04. The lowest BCUT2D eigenvalue weighted by Crippen LogP contribution is -2.26. The number of hydrogen-bond acceptors (Lipinski definition) is 3. The summed E-state index contributed by atoms with van der Waals surface area (Å²) in [6.45, 7) is 3.87. The molecule has 2 aromatic rings. The minimum atomic E-state index is -3.59. The van der Waals surface area contributed by atoms with Gasteiger partial charge in [-0.25, -0.2) is 8.42 Å². The maximum atomic E-state index is 12.6. The fourth-order valence-electron chi connectivity index (χ4n) is 2.27. The average molecular weight is 358 g/mol. The molecule has 0 aliphatic carbocycles. The summed E-state index contributed by atoms with van der Waals surface area (Å²) < 4.78 is 26.6. The molecule has 2 rings (SSSR count). The first-order valence-corrected chi connectivity index (χ1v) is 9.38. The van der Waals surface area contributed by atoms with Crippen LogP contribution in [0.2, 0.25) is 0 Å². The van der Waals surface area contributed by atoms with Crippen LogP contribution in [0, 0.1) is 0 Å². The number of nitrogens with one attached hydrogen (secondary N) is 1. The zero-order chi connectivity index (χ0) is 18.3. The normalized spacial score (nSPS) is 11.3. The molecule has 5 nitrogen and oxygen atoms in total. The number of amides is 1. The highest BCUT2D eigenvalue weighted by molar-refractivity contribution is 7.89. The van der Waals surface area contributed by atoms with Crippen molar-refractivity contribution >= 4 is 21.6 Å². The van der Waals surface area contributed by atoms with Gasteiger partial charge in [-0.2, -0.15) is 4.31 Å². The standard InChI is InChI=1S/C19H22N2O3S/c1-3-4-10-19(22)20-17-11-13-18(14-12-17)25(23,24)21(2)15-16-8-6-5-7-9-16/h3,5-9,11-14H,1,4,10,15H2,2H3,(H,20,22). The van der Waals surface area contributed by atoms with Gasteiger partial charge in [-0.1, -0.05) is 36.4 Å². The van der Waals surface area contributed by atoms with Gasteiger partial charge in [0.1, 0.15) is 0 Å². The smallest absolute Gasteiger partial charge is 0.243 e. The molecule has 0 heterocycles. The second-order valence-corrected chi connectivity index (χ2v) is 7.69. The predicted octanol–water partition coefficient (Wildman–Crippen LogP) is 3.41. The number of anilines is 1. The topological polar surface area (TPSA) is 66.5 Å². The second kappa shape index (κ2) is 8.60. The Bertz CT molecular complexity index is 816. The molecule has 25 heavy (non-hydrogen) atoms. The Hall–Kier alpha value is -2.44. The van der Waals surface area contributed by atoms with Crippen molar-refractivity contribution in [1.82, 2.24) is 4.31 Å². The molecule has 0 spiro atoms. The van der Waals surface area contributed by atoms with Gasteiger partial charge in [-0.05, 0) is 36.2 Å². The molecule has 0 aliphatic heterocycles. The van der Waals surface area contributed by atoms with E-state index in [1.807, 2.05) is 30.3 Å². The molecule has 0 radical (unpaired) electrons. The van der Waals surface area contributed by atoms with Crippen molar-refractivity contribution in [3.05, 3.63) is 72.8 Å². The van der Waals surface area contributed by atoms with Crippen LogP contribution in [0.25, 0.3) is 0 Å². The van der Waals surface area contributed by atoms with E-state index in [4.69, 9.17) is 0 Å². The monoisotopic (exact) mass is 358 g/mol. The Labute approximate surface area is 149 Å². The molecule has 0 aliphatic rings. The lowest BCUT2D eigenvalue weighted by atomic mass is 10.2. The highest BCUT2D eigenvalue weighted by atomic mass is 32.2. The maximum Gasteiger partial charge on any atom is 0.243 e. The second-order valence-electron chi connectivity index (χ2n) is 5.65. The summed E-state index contributed by atoms with van der Waals surface area (Å²) in [6.07, 6.45) is 2.63. The van der Waals surface area contributed by atoms with Crippen LogP contribution < -0.4 is 5.32 Å². The fourth-order valence-corrected chi connectivity index (χ4v) is 3.43. The average Bonchev–Trinajstić information content (AvgIpc) is 2.61. The molecule has 0 atom stereocenters. The number of benzene rings is 2. The maximum absolute atomic E-state index is 12.6.